The second kappa shape index (κ2) is 6.81. The molecule has 0 saturated carbocycles. The van der Waals surface area contributed by atoms with Gasteiger partial charge in [0.05, 0.1) is 0 Å². The van der Waals surface area contributed by atoms with Gasteiger partial charge in [-0.2, -0.15) is 0 Å². The van der Waals surface area contributed by atoms with E-state index in [4.69, 9.17) is 4.74 Å². The molecule has 2 nitrogen and oxygen atoms in total. The number of hydrogen-bond acceptors (Lipinski definition) is 3. The molecule has 0 unspecified atom stereocenters. The van der Waals surface area contributed by atoms with Gasteiger partial charge in [0.2, 0.25) is 5.78 Å². The van der Waals surface area contributed by atoms with Crippen LogP contribution in [0, 0.1) is 20.8 Å². The fourth-order valence-corrected chi connectivity index (χ4v) is 2.92. The van der Waals surface area contributed by atoms with Crippen LogP contribution in [-0.2, 0) is 0 Å². The maximum absolute atomic E-state index is 12.4. The third kappa shape index (κ3) is 3.88. The molecule has 0 atom stereocenters. The van der Waals surface area contributed by atoms with Crippen molar-refractivity contribution < 1.29 is 9.53 Å². The zero-order chi connectivity index (χ0) is 15.4. The lowest BCUT2D eigenvalue weighted by Crippen LogP contribution is -2.14. The van der Waals surface area contributed by atoms with Gasteiger partial charge in [-0.15, -0.1) is 11.8 Å². The summed E-state index contributed by atoms with van der Waals surface area (Å²) in [6.07, 6.45) is 2.03. The lowest BCUT2D eigenvalue weighted by molar-refractivity contribution is 0.0920. The summed E-state index contributed by atoms with van der Waals surface area (Å²) in [7, 11) is 0. The molecule has 0 amide bonds. The summed E-state index contributed by atoms with van der Waals surface area (Å²) < 4.78 is 5.60. The van der Waals surface area contributed by atoms with Crippen molar-refractivity contribution in [2.45, 2.75) is 25.7 Å². The summed E-state index contributed by atoms with van der Waals surface area (Å²) in [6.45, 7) is 6.06. The molecule has 0 fully saturated rings. The highest BCUT2D eigenvalue weighted by Gasteiger charge is 2.13. The number of ether oxygens (including phenoxy) is 1. The largest absolute Gasteiger partial charge is 0.485 e. The van der Waals surface area contributed by atoms with Crippen LogP contribution in [0.1, 0.15) is 27.0 Å². The highest BCUT2D eigenvalue weighted by Crippen LogP contribution is 2.20. The standard InChI is InChI=1S/C18H20O2S/c1-12-9-13(2)18(14(3)10-12)17(19)11-20-15-5-7-16(21-4)8-6-15/h5-10H,11H2,1-4H3. The first-order valence-corrected chi connectivity index (χ1v) is 8.11. The molecule has 0 aliphatic heterocycles. The van der Waals surface area contributed by atoms with Gasteiger partial charge in [0.1, 0.15) is 5.75 Å². The van der Waals surface area contributed by atoms with Gasteiger partial charge in [-0.25, -0.2) is 0 Å². The zero-order valence-electron chi connectivity index (χ0n) is 12.9. The van der Waals surface area contributed by atoms with E-state index in [-0.39, 0.29) is 12.4 Å². The minimum absolute atomic E-state index is 0.0268. The molecule has 0 N–H and O–H groups in total. The van der Waals surface area contributed by atoms with Gasteiger partial charge in [0.25, 0.3) is 0 Å². The zero-order valence-corrected chi connectivity index (χ0v) is 13.7. The third-order valence-electron chi connectivity index (χ3n) is 3.39. The summed E-state index contributed by atoms with van der Waals surface area (Å²) in [5.74, 6) is 0.752. The number of thioether (sulfide) groups is 1. The number of carbonyl (C=O) groups excluding carboxylic acids is 1. The van der Waals surface area contributed by atoms with Crippen LogP contribution in [0.4, 0.5) is 0 Å². The van der Waals surface area contributed by atoms with Crippen LogP contribution in [0.5, 0.6) is 5.75 Å². The van der Waals surface area contributed by atoms with E-state index >= 15 is 0 Å². The molecule has 2 aromatic rings. The molecule has 0 heterocycles. The summed E-state index contributed by atoms with van der Waals surface area (Å²) >= 11 is 1.68. The Balaban J connectivity index is 2.08. The second-order valence-electron chi connectivity index (χ2n) is 5.16. The molecule has 2 aromatic carbocycles. The van der Waals surface area contributed by atoms with Crippen molar-refractivity contribution in [2.24, 2.45) is 0 Å². The van der Waals surface area contributed by atoms with Crippen molar-refractivity contribution in [3.63, 3.8) is 0 Å². The fourth-order valence-electron chi connectivity index (χ4n) is 2.51. The quantitative estimate of drug-likeness (QED) is 0.596. The normalized spacial score (nSPS) is 10.5. The van der Waals surface area contributed by atoms with E-state index in [1.807, 2.05) is 63.4 Å². The Morgan fingerprint density at radius 3 is 2.14 bits per heavy atom. The SMILES string of the molecule is CSc1ccc(OCC(=O)c2c(C)cc(C)cc2C)cc1. The third-order valence-corrected chi connectivity index (χ3v) is 4.13. The van der Waals surface area contributed by atoms with Crippen LogP contribution in [0.3, 0.4) is 0 Å². The lowest BCUT2D eigenvalue weighted by atomic mass is 9.97. The second-order valence-corrected chi connectivity index (χ2v) is 6.04. The van der Waals surface area contributed by atoms with Gasteiger partial charge in [0.15, 0.2) is 6.61 Å². The Labute approximate surface area is 130 Å². The van der Waals surface area contributed by atoms with Crippen LogP contribution in [-0.4, -0.2) is 18.6 Å². The van der Waals surface area contributed by atoms with Crippen molar-refractivity contribution in [3.8, 4) is 5.75 Å². The Kier molecular flexibility index (Phi) is 5.07. The fraction of sp³-hybridized carbons (Fsp3) is 0.278. The van der Waals surface area contributed by atoms with Crippen molar-refractivity contribution in [3.05, 3.63) is 58.7 Å². The first kappa shape index (κ1) is 15.6. The molecule has 0 bridgehead atoms. The highest BCUT2D eigenvalue weighted by atomic mass is 32.2. The molecule has 0 aliphatic carbocycles. The molecule has 3 heteroatoms. The predicted octanol–water partition coefficient (Wildman–Crippen LogP) is 4.60. The molecule has 0 aliphatic rings. The lowest BCUT2D eigenvalue weighted by Gasteiger charge is -2.11. The molecular formula is C18H20O2S. The number of carbonyl (C=O) groups is 1. The minimum atomic E-state index is 0.0268. The van der Waals surface area contributed by atoms with Gasteiger partial charge in [-0.1, -0.05) is 17.7 Å². The molecule has 0 aromatic heterocycles. The van der Waals surface area contributed by atoms with Gasteiger partial charge in [0, 0.05) is 10.5 Å². The van der Waals surface area contributed by atoms with Crippen LogP contribution < -0.4 is 4.74 Å². The molecule has 2 rings (SSSR count). The Morgan fingerprint density at radius 1 is 1.05 bits per heavy atom. The van der Waals surface area contributed by atoms with Crippen LogP contribution in [0.15, 0.2) is 41.3 Å². The number of Topliss-reactive ketones (excluding diaryl/α,β-unsaturated/α-hetero) is 1. The average molecular weight is 300 g/mol. The minimum Gasteiger partial charge on any atom is -0.485 e. The molecule has 0 radical (unpaired) electrons. The first-order chi connectivity index (χ1) is 10.0. The van der Waals surface area contributed by atoms with E-state index in [2.05, 4.69) is 0 Å². The number of aryl methyl sites for hydroxylation is 3. The molecule has 110 valence electrons. The van der Waals surface area contributed by atoms with E-state index in [0.29, 0.717) is 0 Å². The molecule has 21 heavy (non-hydrogen) atoms. The molecular weight excluding hydrogens is 280 g/mol. The smallest absolute Gasteiger partial charge is 0.200 e. The number of rotatable bonds is 5. The Morgan fingerprint density at radius 2 is 1.62 bits per heavy atom. The van der Waals surface area contributed by atoms with Crippen molar-refractivity contribution in [1.82, 2.24) is 0 Å². The predicted molar refractivity (Wildman–Crippen MR) is 88.7 cm³/mol. The van der Waals surface area contributed by atoms with Gasteiger partial charge >= 0.3 is 0 Å². The van der Waals surface area contributed by atoms with Crippen molar-refractivity contribution in [1.29, 1.82) is 0 Å². The van der Waals surface area contributed by atoms with Gasteiger partial charge in [-0.05, 0) is 62.4 Å². The van der Waals surface area contributed by atoms with E-state index in [9.17, 15) is 4.79 Å². The summed E-state index contributed by atoms with van der Waals surface area (Å²) in [5.41, 5.74) is 3.98. The maximum Gasteiger partial charge on any atom is 0.200 e. The van der Waals surface area contributed by atoms with Crippen LogP contribution in [0.2, 0.25) is 0 Å². The summed E-state index contributed by atoms with van der Waals surface area (Å²) in [4.78, 5) is 13.5. The first-order valence-electron chi connectivity index (χ1n) is 6.89. The maximum atomic E-state index is 12.4. The number of ketones is 1. The Hall–Kier alpha value is -1.74. The molecule has 0 saturated heterocycles. The van der Waals surface area contributed by atoms with E-state index in [1.165, 1.54) is 10.5 Å². The monoisotopic (exact) mass is 300 g/mol. The van der Waals surface area contributed by atoms with Crippen LogP contribution >= 0.6 is 11.8 Å². The topological polar surface area (TPSA) is 26.3 Å². The Bertz CT molecular complexity index is 622. The van der Waals surface area contributed by atoms with E-state index in [1.54, 1.807) is 11.8 Å². The summed E-state index contributed by atoms with van der Waals surface area (Å²) in [5, 5.41) is 0. The van der Waals surface area contributed by atoms with Gasteiger partial charge < -0.3 is 4.74 Å². The average Bonchev–Trinajstić information content (AvgIpc) is 2.44. The van der Waals surface area contributed by atoms with Crippen LogP contribution in [0.25, 0.3) is 0 Å². The van der Waals surface area contributed by atoms with Gasteiger partial charge in [-0.3, -0.25) is 4.79 Å². The van der Waals surface area contributed by atoms with E-state index < -0.39 is 0 Å². The number of benzene rings is 2. The van der Waals surface area contributed by atoms with Crippen molar-refractivity contribution in [2.75, 3.05) is 12.9 Å². The summed E-state index contributed by atoms with van der Waals surface area (Å²) in [6, 6.07) is 11.8. The molecule has 0 spiro atoms. The highest BCUT2D eigenvalue weighted by molar-refractivity contribution is 7.98. The van der Waals surface area contributed by atoms with E-state index in [0.717, 1.165) is 22.4 Å². The van der Waals surface area contributed by atoms with Crippen molar-refractivity contribution >= 4 is 17.5 Å². The number of hydrogen-bond donors (Lipinski definition) is 0.